The first-order chi connectivity index (χ1) is 8.45. The van der Waals surface area contributed by atoms with Crippen LogP contribution in [0.25, 0.3) is 0 Å². The van der Waals surface area contributed by atoms with E-state index in [1.165, 1.54) is 19.0 Å². The summed E-state index contributed by atoms with van der Waals surface area (Å²) >= 11 is 0. The van der Waals surface area contributed by atoms with Gasteiger partial charge >= 0.3 is 0 Å². The first kappa shape index (κ1) is 11.0. The highest BCUT2D eigenvalue weighted by molar-refractivity contribution is 7.66. The smallest absolute Gasteiger partial charge is 0.00820 e. The van der Waals surface area contributed by atoms with Gasteiger partial charge in [-0.15, -0.1) is 0 Å². The van der Waals surface area contributed by atoms with Gasteiger partial charge in [-0.3, -0.25) is 0 Å². The Hall–Kier alpha value is -1.13. The second-order valence-corrected chi connectivity index (χ2v) is 7.12. The lowest BCUT2D eigenvalue weighted by molar-refractivity contribution is 0.827. The average Bonchev–Trinajstić information content (AvgIpc) is 2.90. The van der Waals surface area contributed by atoms with Crippen LogP contribution in [-0.4, -0.2) is 6.16 Å². The van der Waals surface area contributed by atoms with Gasteiger partial charge < -0.3 is 0 Å². The van der Waals surface area contributed by atoms with Crippen molar-refractivity contribution in [1.82, 2.24) is 0 Å². The van der Waals surface area contributed by atoms with Gasteiger partial charge in [-0.2, -0.15) is 0 Å². The lowest BCUT2D eigenvalue weighted by Gasteiger charge is -2.21. The Morgan fingerprint density at radius 2 is 1.47 bits per heavy atom. The van der Waals surface area contributed by atoms with E-state index in [0.29, 0.717) is 0 Å². The van der Waals surface area contributed by atoms with Crippen LogP contribution in [0.2, 0.25) is 0 Å². The van der Waals surface area contributed by atoms with Crippen LogP contribution in [0.3, 0.4) is 0 Å². The van der Waals surface area contributed by atoms with Gasteiger partial charge in [-0.25, -0.2) is 0 Å². The van der Waals surface area contributed by atoms with Crippen molar-refractivity contribution in [2.45, 2.75) is 18.5 Å². The van der Waals surface area contributed by atoms with Crippen LogP contribution in [0.15, 0.2) is 60.7 Å². The summed E-state index contributed by atoms with van der Waals surface area (Å²) in [5.74, 6) is 0. The van der Waals surface area contributed by atoms with Crippen molar-refractivity contribution in [3.63, 3.8) is 0 Å². The Morgan fingerprint density at radius 3 is 2.18 bits per heavy atom. The Bertz CT molecular complexity index is 418. The standard InChI is InChI=1S/C16H17P/c1-3-8-14(9-4-1)16-12-7-13-17(16)15-10-5-2-6-11-15/h1-6,8-11,16H,7,12-13H2/t16-,17+/m1/s1. The van der Waals surface area contributed by atoms with Crippen LogP contribution in [0, 0.1) is 0 Å². The van der Waals surface area contributed by atoms with E-state index >= 15 is 0 Å². The molecule has 1 fully saturated rings. The molecule has 17 heavy (non-hydrogen) atoms. The summed E-state index contributed by atoms with van der Waals surface area (Å²) in [5.41, 5.74) is 2.33. The molecule has 86 valence electrons. The van der Waals surface area contributed by atoms with Crippen molar-refractivity contribution < 1.29 is 0 Å². The van der Waals surface area contributed by atoms with Gasteiger partial charge in [0.15, 0.2) is 0 Å². The molecule has 0 aromatic heterocycles. The average molecular weight is 240 g/mol. The van der Waals surface area contributed by atoms with Gasteiger partial charge in [0, 0.05) is 5.66 Å². The summed E-state index contributed by atoms with van der Waals surface area (Å²) in [7, 11) is 0.0201. The molecule has 2 aromatic rings. The van der Waals surface area contributed by atoms with Crippen LogP contribution < -0.4 is 5.30 Å². The van der Waals surface area contributed by atoms with E-state index in [1.807, 2.05) is 0 Å². The molecular weight excluding hydrogens is 223 g/mol. The summed E-state index contributed by atoms with van der Waals surface area (Å²) in [6, 6.07) is 22.2. The van der Waals surface area contributed by atoms with Gasteiger partial charge in [0.2, 0.25) is 0 Å². The minimum atomic E-state index is 0.0201. The molecule has 0 saturated carbocycles. The molecule has 0 aliphatic carbocycles. The molecule has 1 heteroatoms. The van der Waals surface area contributed by atoms with E-state index in [2.05, 4.69) is 60.7 Å². The lowest BCUT2D eigenvalue weighted by atomic mass is 10.1. The predicted molar refractivity (Wildman–Crippen MR) is 76.3 cm³/mol. The van der Waals surface area contributed by atoms with E-state index < -0.39 is 0 Å². The molecule has 0 bridgehead atoms. The molecular formula is C16H17P. The zero-order chi connectivity index (χ0) is 11.5. The normalized spacial score (nSPS) is 23.8. The van der Waals surface area contributed by atoms with Crippen molar-refractivity contribution in [1.29, 1.82) is 0 Å². The number of hydrogen-bond donors (Lipinski definition) is 0. The van der Waals surface area contributed by atoms with Crippen molar-refractivity contribution >= 4 is 13.2 Å². The number of benzene rings is 2. The molecule has 0 unspecified atom stereocenters. The molecule has 2 atom stereocenters. The number of rotatable bonds is 2. The SMILES string of the molecule is c1ccc([C@H]2CCC[P@@]2c2ccccc2)cc1. The van der Waals surface area contributed by atoms with Gasteiger partial charge in [-0.1, -0.05) is 68.6 Å². The maximum Gasteiger partial charge on any atom is 0.00820 e. The zero-order valence-electron chi connectivity index (χ0n) is 9.92. The van der Waals surface area contributed by atoms with Crippen molar-refractivity contribution in [3.8, 4) is 0 Å². The van der Waals surface area contributed by atoms with E-state index in [9.17, 15) is 0 Å². The second-order valence-electron chi connectivity index (χ2n) is 4.60. The van der Waals surface area contributed by atoms with Crippen LogP contribution in [0.5, 0.6) is 0 Å². The third kappa shape index (κ3) is 2.28. The van der Waals surface area contributed by atoms with Crippen LogP contribution >= 0.6 is 7.92 Å². The first-order valence-electron chi connectivity index (χ1n) is 6.32. The molecule has 0 amide bonds. The van der Waals surface area contributed by atoms with E-state index in [1.54, 1.807) is 10.9 Å². The monoisotopic (exact) mass is 240 g/mol. The number of hydrogen-bond acceptors (Lipinski definition) is 0. The third-order valence-electron chi connectivity index (χ3n) is 3.52. The van der Waals surface area contributed by atoms with Crippen molar-refractivity contribution in [2.75, 3.05) is 6.16 Å². The fraction of sp³-hybridized carbons (Fsp3) is 0.250. The van der Waals surface area contributed by atoms with Crippen LogP contribution in [0.4, 0.5) is 0 Å². The van der Waals surface area contributed by atoms with E-state index in [-0.39, 0.29) is 7.92 Å². The van der Waals surface area contributed by atoms with Gasteiger partial charge in [-0.05, 0) is 29.9 Å². The Labute approximate surface area is 104 Å². The lowest BCUT2D eigenvalue weighted by Crippen LogP contribution is -2.04. The van der Waals surface area contributed by atoms with Gasteiger partial charge in [0.1, 0.15) is 0 Å². The maximum atomic E-state index is 2.31. The fourth-order valence-electron chi connectivity index (χ4n) is 2.72. The largest absolute Gasteiger partial charge is 0.0677 e. The predicted octanol–water partition coefficient (Wildman–Crippen LogP) is 4.33. The highest BCUT2D eigenvalue weighted by Crippen LogP contribution is 2.58. The summed E-state index contributed by atoms with van der Waals surface area (Å²) in [5, 5.41) is 1.58. The quantitative estimate of drug-likeness (QED) is 0.685. The maximum absolute atomic E-state index is 2.31. The van der Waals surface area contributed by atoms with E-state index in [0.717, 1.165) is 5.66 Å². The summed E-state index contributed by atoms with van der Waals surface area (Å²) in [6.07, 6.45) is 4.16. The molecule has 2 aromatic carbocycles. The second kappa shape index (κ2) is 5.02. The third-order valence-corrected chi connectivity index (χ3v) is 6.59. The topological polar surface area (TPSA) is 0 Å². The molecule has 0 spiro atoms. The highest BCUT2D eigenvalue weighted by atomic mass is 31.1. The first-order valence-corrected chi connectivity index (χ1v) is 7.91. The summed E-state index contributed by atoms with van der Waals surface area (Å²) in [4.78, 5) is 0. The zero-order valence-corrected chi connectivity index (χ0v) is 10.8. The molecule has 0 radical (unpaired) electrons. The Kier molecular flexibility index (Phi) is 3.25. The minimum Gasteiger partial charge on any atom is -0.0677 e. The van der Waals surface area contributed by atoms with Gasteiger partial charge in [0.05, 0.1) is 0 Å². The molecule has 3 rings (SSSR count). The Balaban J connectivity index is 1.91. The van der Waals surface area contributed by atoms with Gasteiger partial charge in [0.25, 0.3) is 0 Å². The molecule has 1 aliphatic rings. The van der Waals surface area contributed by atoms with E-state index in [4.69, 9.17) is 0 Å². The highest BCUT2D eigenvalue weighted by Gasteiger charge is 2.28. The molecule has 0 nitrogen and oxygen atoms in total. The molecule has 1 saturated heterocycles. The summed E-state index contributed by atoms with van der Waals surface area (Å²) < 4.78 is 0. The molecule has 1 aliphatic heterocycles. The Morgan fingerprint density at radius 1 is 0.824 bits per heavy atom. The van der Waals surface area contributed by atoms with Crippen molar-refractivity contribution in [2.24, 2.45) is 0 Å². The fourth-order valence-corrected chi connectivity index (χ4v) is 5.75. The summed E-state index contributed by atoms with van der Waals surface area (Å²) in [6.45, 7) is 0. The molecule has 0 N–H and O–H groups in total. The van der Waals surface area contributed by atoms with Crippen molar-refractivity contribution in [3.05, 3.63) is 66.2 Å². The minimum absolute atomic E-state index is 0.0201. The van der Waals surface area contributed by atoms with Crippen LogP contribution in [0.1, 0.15) is 24.1 Å². The van der Waals surface area contributed by atoms with Crippen LogP contribution in [-0.2, 0) is 0 Å². The molecule has 1 heterocycles.